The van der Waals surface area contributed by atoms with Gasteiger partial charge in [-0.15, -0.1) is 11.3 Å². The van der Waals surface area contributed by atoms with E-state index in [-0.39, 0.29) is 0 Å². The number of aromatic nitrogens is 4. The van der Waals surface area contributed by atoms with Crippen LogP contribution in [0.2, 0.25) is 0 Å². The fourth-order valence-corrected chi connectivity index (χ4v) is 2.73. The molecule has 6 heteroatoms. The molecule has 3 rings (SSSR count). The minimum Gasteiger partial charge on any atom is -0.384 e. The third-order valence-electron chi connectivity index (χ3n) is 2.81. The largest absolute Gasteiger partial charge is 0.384 e. The first-order valence-electron chi connectivity index (χ1n) is 5.81. The molecule has 0 bridgehead atoms. The van der Waals surface area contributed by atoms with Crippen LogP contribution in [-0.4, -0.2) is 19.7 Å². The van der Waals surface area contributed by atoms with Crippen LogP contribution < -0.4 is 5.73 Å². The lowest BCUT2D eigenvalue weighted by atomic mass is 10.2. The second-order valence-electron chi connectivity index (χ2n) is 4.34. The number of nitrogens with two attached hydrogens (primary N) is 1. The molecule has 0 unspecified atom stereocenters. The van der Waals surface area contributed by atoms with E-state index in [4.69, 9.17) is 5.73 Å². The third-order valence-corrected chi connectivity index (χ3v) is 3.82. The number of aryl methyl sites for hydroxylation is 2. The molecule has 0 spiro atoms. The van der Waals surface area contributed by atoms with E-state index in [1.54, 1.807) is 28.3 Å². The highest BCUT2D eigenvalue weighted by atomic mass is 32.1. The molecule has 0 atom stereocenters. The fourth-order valence-electron chi connectivity index (χ4n) is 1.87. The highest BCUT2D eigenvalue weighted by Gasteiger charge is 2.11. The Labute approximate surface area is 114 Å². The molecule has 2 N–H and O–H groups in total. The van der Waals surface area contributed by atoms with Gasteiger partial charge in [-0.1, -0.05) is 0 Å². The second-order valence-corrected chi connectivity index (χ2v) is 5.25. The Hall–Kier alpha value is -2.21. The van der Waals surface area contributed by atoms with Gasteiger partial charge < -0.3 is 5.73 Å². The molecule has 3 heterocycles. The zero-order valence-corrected chi connectivity index (χ0v) is 11.5. The van der Waals surface area contributed by atoms with Gasteiger partial charge in [-0.3, -0.25) is 4.68 Å². The van der Waals surface area contributed by atoms with Crippen LogP contribution in [0.25, 0.3) is 22.0 Å². The standard InChI is InChI=1S/C13H13N5S/c1-8-3-4-19-12(8)13-16-10(5-11(14)17-13)9-6-15-18(2)7-9/h3-7H,1-2H3,(H2,14,16,17). The van der Waals surface area contributed by atoms with Gasteiger partial charge in [0.2, 0.25) is 0 Å². The lowest BCUT2D eigenvalue weighted by Gasteiger charge is -2.03. The monoisotopic (exact) mass is 271 g/mol. The van der Waals surface area contributed by atoms with Crippen LogP contribution in [0.4, 0.5) is 5.82 Å². The molecule has 5 nitrogen and oxygen atoms in total. The lowest BCUT2D eigenvalue weighted by molar-refractivity contribution is 0.768. The maximum absolute atomic E-state index is 5.89. The van der Waals surface area contributed by atoms with Crippen molar-refractivity contribution in [3.8, 4) is 22.0 Å². The summed E-state index contributed by atoms with van der Waals surface area (Å²) in [5, 5.41) is 6.18. The van der Waals surface area contributed by atoms with Gasteiger partial charge >= 0.3 is 0 Å². The number of anilines is 1. The maximum atomic E-state index is 5.89. The van der Waals surface area contributed by atoms with E-state index >= 15 is 0 Å². The van der Waals surface area contributed by atoms with Crippen LogP contribution in [0.5, 0.6) is 0 Å². The molecule has 0 saturated heterocycles. The van der Waals surface area contributed by atoms with E-state index < -0.39 is 0 Å². The number of nitrogen functional groups attached to an aromatic ring is 1. The van der Waals surface area contributed by atoms with E-state index in [1.807, 2.05) is 25.5 Å². The van der Waals surface area contributed by atoms with Crippen molar-refractivity contribution in [1.82, 2.24) is 19.7 Å². The number of hydrogen-bond acceptors (Lipinski definition) is 5. The van der Waals surface area contributed by atoms with Crippen molar-refractivity contribution in [3.63, 3.8) is 0 Å². The minimum atomic E-state index is 0.469. The summed E-state index contributed by atoms with van der Waals surface area (Å²) in [5.74, 6) is 1.14. The van der Waals surface area contributed by atoms with Crippen LogP contribution >= 0.6 is 11.3 Å². The molecule has 0 fully saturated rings. The van der Waals surface area contributed by atoms with Crippen molar-refractivity contribution in [1.29, 1.82) is 0 Å². The summed E-state index contributed by atoms with van der Waals surface area (Å²) in [6.45, 7) is 2.04. The third kappa shape index (κ3) is 2.22. The number of hydrogen-bond donors (Lipinski definition) is 1. The lowest BCUT2D eigenvalue weighted by Crippen LogP contribution is -1.97. The molecule has 19 heavy (non-hydrogen) atoms. The van der Waals surface area contributed by atoms with Gasteiger partial charge in [-0.05, 0) is 23.9 Å². The molecule has 0 aliphatic heterocycles. The first-order valence-corrected chi connectivity index (χ1v) is 6.69. The molecule has 3 aromatic rings. The van der Waals surface area contributed by atoms with Crippen LogP contribution in [0.1, 0.15) is 5.56 Å². The Balaban J connectivity index is 2.13. The molecule has 0 radical (unpaired) electrons. The predicted octanol–water partition coefficient (Wildman–Crippen LogP) is 2.50. The first-order chi connectivity index (χ1) is 9.13. The van der Waals surface area contributed by atoms with E-state index in [1.165, 1.54) is 0 Å². The molecule has 3 aromatic heterocycles. The van der Waals surface area contributed by atoms with Crippen molar-refractivity contribution in [3.05, 3.63) is 35.5 Å². The van der Waals surface area contributed by atoms with Gasteiger partial charge in [0, 0.05) is 24.9 Å². The molecule has 96 valence electrons. The van der Waals surface area contributed by atoms with Crippen LogP contribution in [0.15, 0.2) is 29.9 Å². The van der Waals surface area contributed by atoms with Gasteiger partial charge in [0.25, 0.3) is 0 Å². The van der Waals surface area contributed by atoms with Crippen molar-refractivity contribution in [2.45, 2.75) is 6.92 Å². The summed E-state index contributed by atoms with van der Waals surface area (Å²) in [7, 11) is 1.87. The van der Waals surface area contributed by atoms with E-state index in [0.29, 0.717) is 11.6 Å². The smallest absolute Gasteiger partial charge is 0.172 e. The summed E-state index contributed by atoms with van der Waals surface area (Å²) < 4.78 is 1.74. The Bertz CT molecular complexity index is 728. The number of rotatable bonds is 2. The van der Waals surface area contributed by atoms with Crippen LogP contribution in [0.3, 0.4) is 0 Å². The van der Waals surface area contributed by atoms with Crippen molar-refractivity contribution >= 4 is 17.2 Å². The normalized spacial score (nSPS) is 10.8. The number of thiophene rings is 1. The van der Waals surface area contributed by atoms with Crippen molar-refractivity contribution < 1.29 is 0 Å². The van der Waals surface area contributed by atoms with Gasteiger partial charge in [-0.25, -0.2) is 9.97 Å². The topological polar surface area (TPSA) is 69.6 Å². The Morgan fingerprint density at radius 1 is 1.32 bits per heavy atom. The molecule has 0 aromatic carbocycles. The van der Waals surface area contributed by atoms with Crippen molar-refractivity contribution in [2.24, 2.45) is 7.05 Å². The highest BCUT2D eigenvalue weighted by Crippen LogP contribution is 2.28. The summed E-state index contributed by atoms with van der Waals surface area (Å²) >= 11 is 1.62. The molecular weight excluding hydrogens is 258 g/mol. The average Bonchev–Trinajstić information content (AvgIpc) is 2.97. The molecular formula is C13H13N5S. The van der Waals surface area contributed by atoms with Crippen LogP contribution in [-0.2, 0) is 7.05 Å². The predicted molar refractivity (Wildman–Crippen MR) is 76.7 cm³/mol. The fraction of sp³-hybridized carbons (Fsp3) is 0.154. The SMILES string of the molecule is Cc1ccsc1-c1nc(N)cc(-c2cnn(C)c2)n1. The first kappa shape index (κ1) is 11.9. The average molecular weight is 271 g/mol. The molecule has 0 aliphatic carbocycles. The van der Waals surface area contributed by atoms with Crippen LogP contribution in [0, 0.1) is 6.92 Å². The van der Waals surface area contributed by atoms with Gasteiger partial charge in [0.05, 0.1) is 16.8 Å². The zero-order valence-electron chi connectivity index (χ0n) is 10.7. The summed E-state index contributed by atoms with van der Waals surface area (Å²) in [4.78, 5) is 9.96. The van der Waals surface area contributed by atoms with Crippen molar-refractivity contribution in [2.75, 3.05) is 5.73 Å². The van der Waals surface area contributed by atoms with E-state index in [0.717, 1.165) is 21.7 Å². The maximum Gasteiger partial charge on any atom is 0.172 e. The van der Waals surface area contributed by atoms with Gasteiger partial charge in [-0.2, -0.15) is 5.10 Å². The Kier molecular flexibility index (Phi) is 2.79. The number of nitrogens with zero attached hydrogens (tertiary/aromatic N) is 4. The van der Waals surface area contributed by atoms with Gasteiger partial charge in [0.1, 0.15) is 5.82 Å². The Morgan fingerprint density at radius 3 is 2.79 bits per heavy atom. The van der Waals surface area contributed by atoms with E-state index in [9.17, 15) is 0 Å². The quantitative estimate of drug-likeness (QED) is 0.777. The summed E-state index contributed by atoms with van der Waals surface area (Å²) in [5.41, 5.74) is 8.78. The summed E-state index contributed by atoms with van der Waals surface area (Å²) in [6, 6.07) is 3.82. The molecule has 0 aliphatic rings. The van der Waals surface area contributed by atoms with Gasteiger partial charge in [0.15, 0.2) is 5.82 Å². The minimum absolute atomic E-state index is 0.469. The highest BCUT2D eigenvalue weighted by molar-refractivity contribution is 7.13. The summed E-state index contributed by atoms with van der Waals surface area (Å²) in [6.07, 6.45) is 3.68. The Morgan fingerprint density at radius 2 is 2.16 bits per heavy atom. The zero-order chi connectivity index (χ0) is 13.4. The molecule has 0 amide bonds. The second kappa shape index (κ2) is 4.47. The van der Waals surface area contributed by atoms with E-state index in [2.05, 4.69) is 21.1 Å². The molecule has 0 saturated carbocycles.